The van der Waals surface area contributed by atoms with Crippen LogP contribution in [-0.2, 0) is 13.0 Å². The molecule has 0 radical (unpaired) electrons. The third-order valence-corrected chi connectivity index (χ3v) is 5.76. The Balaban J connectivity index is 1.54. The van der Waals surface area contributed by atoms with E-state index in [4.69, 9.17) is 10.2 Å². The number of rotatable bonds is 2. The topological polar surface area (TPSA) is 85.2 Å². The Morgan fingerprint density at radius 2 is 2.03 bits per heavy atom. The van der Waals surface area contributed by atoms with E-state index in [0.717, 1.165) is 61.2 Å². The minimum atomic E-state index is -0.162. The van der Waals surface area contributed by atoms with Gasteiger partial charge in [-0.25, -0.2) is 14.8 Å². The number of amides is 2. The molecule has 2 aliphatic rings. The maximum atomic E-state index is 12.9. The fraction of sp³-hybridized carbons (Fsp3) is 0.455. The van der Waals surface area contributed by atoms with Crippen LogP contribution in [-0.4, -0.2) is 40.5 Å². The zero-order valence-corrected chi connectivity index (χ0v) is 17.0. The lowest BCUT2D eigenvalue weighted by Crippen LogP contribution is -2.41. The summed E-state index contributed by atoms with van der Waals surface area (Å²) < 4.78 is 0. The van der Waals surface area contributed by atoms with Crippen molar-refractivity contribution in [3.8, 4) is 6.07 Å². The summed E-state index contributed by atoms with van der Waals surface area (Å²) in [5.74, 6) is 2.53. The molecule has 0 unspecified atom stereocenters. The van der Waals surface area contributed by atoms with Gasteiger partial charge < -0.3 is 15.1 Å². The Morgan fingerprint density at radius 1 is 1.24 bits per heavy atom. The number of nitrogens with one attached hydrogen (secondary N) is 1. The Labute approximate surface area is 171 Å². The van der Waals surface area contributed by atoms with Gasteiger partial charge in [-0.15, -0.1) is 0 Å². The van der Waals surface area contributed by atoms with E-state index >= 15 is 0 Å². The standard InChI is InChI=1S/C22H26N6O/c1-15-6-9-27(10-7-15)21-19-14-28(11-8-20(19)24-16(2)25-21)22(29)26-18-5-3-4-17(12-18)13-23/h3-5,12,15H,6-11,14H2,1-2H3,(H,26,29). The molecule has 2 aromatic rings. The first-order valence-corrected chi connectivity index (χ1v) is 10.2. The molecule has 1 aromatic carbocycles. The molecule has 150 valence electrons. The number of anilines is 2. The third-order valence-electron chi connectivity index (χ3n) is 5.76. The Hall–Kier alpha value is -3.14. The fourth-order valence-electron chi connectivity index (χ4n) is 4.04. The predicted octanol–water partition coefficient (Wildman–Crippen LogP) is 3.48. The molecule has 2 amide bonds. The summed E-state index contributed by atoms with van der Waals surface area (Å²) in [6.45, 7) is 7.35. The fourth-order valence-corrected chi connectivity index (χ4v) is 4.04. The van der Waals surface area contributed by atoms with E-state index in [0.29, 0.717) is 24.3 Å². The molecule has 0 aliphatic carbocycles. The molecule has 29 heavy (non-hydrogen) atoms. The smallest absolute Gasteiger partial charge is 0.322 e. The van der Waals surface area contributed by atoms with Gasteiger partial charge in [0, 0.05) is 37.3 Å². The SMILES string of the molecule is Cc1nc2c(c(N3CCC(C)CC3)n1)CN(C(=O)Nc1cccc(C#N)c1)CC2. The first-order valence-electron chi connectivity index (χ1n) is 10.2. The van der Waals surface area contributed by atoms with E-state index in [1.54, 1.807) is 29.2 Å². The highest BCUT2D eigenvalue weighted by atomic mass is 16.2. The lowest BCUT2D eigenvalue weighted by Gasteiger charge is -2.36. The summed E-state index contributed by atoms with van der Waals surface area (Å²) in [6.07, 6.45) is 3.05. The second-order valence-corrected chi connectivity index (χ2v) is 7.98. The summed E-state index contributed by atoms with van der Waals surface area (Å²) in [6, 6.07) is 8.90. The largest absolute Gasteiger partial charge is 0.356 e. The van der Waals surface area contributed by atoms with Crippen LogP contribution in [0, 0.1) is 24.2 Å². The monoisotopic (exact) mass is 390 g/mol. The number of nitrogens with zero attached hydrogens (tertiary/aromatic N) is 5. The number of carbonyl (C=O) groups is 1. The Bertz CT molecular complexity index is 958. The maximum Gasteiger partial charge on any atom is 0.322 e. The van der Waals surface area contributed by atoms with Crippen LogP contribution in [0.2, 0.25) is 0 Å². The van der Waals surface area contributed by atoms with Crippen molar-refractivity contribution in [2.75, 3.05) is 29.9 Å². The van der Waals surface area contributed by atoms with Crippen molar-refractivity contribution < 1.29 is 4.79 Å². The highest BCUT2D eigenvalue weighted by Crippen LogP contribution is 2.30. The van der Waals surface area contributed by atoms with E-state index in [1.165, 1.54) is 0 Å². The quantitative estimate of drug-likeness (QED) is 0.848. The average Bonchev–Trinajstić information content (AvgIpc) is 2.73. The molecule has 1 fully saturated rings. The van der Waals surface area contributed by atoms with Crippen LogP contribution in [0.4, 0.5) is 16.3 Å². The van der Waals surface area contributed by atoms with Gasteiger partial charge in [0.15, 0.2) is 0 Å². The molecule has 7 heteroatoms. The van der Waals surface area contributed by atoms with Crippen LogP contribution < -0.4 is 10.2 Å². The normalized spacial score (nSPS) is 16.9. The zero-order valence-electron chi connectivity index (χ0n) is 17.0. The number of aromatic nitrogens is 2. The Morgan fingerprint density at radius 3 is 2.79 bits per heavy atom. The van der Waals surface area contributed by atoms with Crippen molar-refractivity contribution in [3.63, 3.8) is 0 Å². The predicted molar refractivity (Wildman–Crippen MR) is 112 cm³/mol. The van der Waals surface area contributed by atoms with Gasteiger partial charge in [0.25, 0.3) is 0 Å². The highest BCUT2D eigenvalue weighted by molar-refractivity contribution is 5.89. The van der Waals surface area contributed by atoms with Gasteiger partial charge in [-0.3, -0.25) is 0 Å². The zero-order chi connectivity index (χ0) is 20.4. The van der Waals surface area contributed by atoms with E-state index < -0.39 is 0 Å². The number of hydrogen-bond donors (Lipinski definition) is 1. The van der Waals surface area contributed by atoms with Gasteiger partial charge >= 0.3 is 6.03 Å². The second-order valence-electron chi connectivity index (χ2n) is 7.98. The average molecular weight is 390 g/mol. The molecule has 0 spiro atoms. The Kier molecular flexibility index (Phi) is 5.34. The summed E-state index contributed by atoms with van der Waals surface area (Å²) >= 11 is 0. The first-order chi connectivity index (χ1) is 14.0. The lowest BCUT2D eigenvalue weighted by atomic mass is 9.98. The summed E-state index contributed by atoms with van der Waals surface area (Å²) in [4.78, 5) is 26.4. The summed E-state index contributed by atoms with van der Waals surface area (Å²) in [7, 11) is 0. The highest BCUT2D eigenvalue weighted by Gasteiger charge is 2.28. The van der Waals surface area contributed by atoms with Crippen molar-refractivity contribution >= 4 is 17.5 Å². The van der Waals surface area contributed by atoms with E-state index in [9.17, 15) is 4.79 Å². The molecular weight excluding hydrogens is 364 g/mol. The molecule has 3 heterocycles. The van der Waals surface area contributed by atoms with Crippen LogP contribution in [0.15, 0.2) is 24.3 Å². The molecule has 2 aliphatic heterocycles. The van der Waals surface area contributed by atoms with Gasteiger partial charge in [0.1, 0.15) is 11.6 Å². The van der Waals surface area contributed by atoms with Gasteiger partial charge in [-0.05, 0) is 43.9 Å². The minimum absolute atomic E-state index is 0.162. The van der Waals surface area contributed by atoms with Gasteiger partial charge in [-0.2, -0.15) is 5.26 Å². The van der Waals surface area contributed by atoms with Crippen LogP contribution in [0.1, 0.15) is 42.4 Å². The lowest BCUT2D eigenvalue weighted by molar-refractivity contribution is 0.206. The van der Waals surface area contributed by atoms with Gasteiger partial charge in [0.2, 0.25) is 0 Å². The van der Waals surface area contributed by atoms with Crippen LogP contribution in [0.3, 0.4) is 0 Å². The summed E-state index contributed by atoms with van der Waals surface area (Å²) in [5.41, 5.74) is 3.28. The molecule has 7 nitrogen and oxygen atoms in total. The van der Waals surface area contributed by atoms with Crippen molar-refractivity contribution in [1.29, 1.82) is 5.26 Å². The van der Waals surface area contributed by atoms with Gasteiger partial charge in [0.05, 0.1) is 23.9 Å². The number of hydrogen-bond acceptors (Lipinski definition) is 5. The number of nitriles is 1. The molecule has 0 atom stereocenters. The number of benzene rings is 1. The number of aryl methyl sites for hydroxylation is 1. The first kappa shape index (κ1) is 19.2. The minimum Gasteiger partial charge on any atom is -0.356 e. The van der Waals surface area contributed by atoms with Crippen molar-refractivity contribution in [2.24, 2.45) is 5.92 Å². The summed E-state index contributed by atoms with van der Waals surface area (Å²) in [5, 5.41) is 12.0. The maximum absolute atomic E-state index is 12.9. The molecule has 0 saturated carbocycles. The molecular formula is C22H26N6O. The molecule has 1 aromatic heterocycles. The van der Waals surface area contributed by atoms with Crippen molar-refractivity contribution in [1.82, 2.24) is 14.9 Å². The molecule has 4 rings (SSSR count). The van der Waals surface area contributed by atoms with Crippen LogP contribution in [0.5, 0.6) is 0 Å². The number of piperidine rings is 1. The second kappa shape index (κ2) is 8.08. The van der Waals surface area contributed by atoms with Crippen molar-refractivity contribution in [3.05, 3.63) is 46.9 Å². The van der Waals surface area contributed by atoms with E-state index in [2.05, 4.69) is 28.2 Å². The van der Waals surface area contributed by atoms with E-state index in [1.807, 2.05) is 6.92 Å². The molecule has 1 saturated heterocycles. The number of urea groups is 1. The molecule has 1 N–H and O–H groups in total. The van der Waals surface area contributed by atoms with E-state index in [-0.39, 0.29) is 6.03 Å². The third kappa shape index (κ3) is 4.16. The molecule has 0 bridgehead atoms. The van der Waals surface area contributed by atoms with Crippen LogP contribution in [0.25, 0.3) is 0 Å². The number of fused-ring (bicyclic) bond motifs is 1. The van der Waals surface area contributed by atoms with Gasteiger partial charge in [-0.1, -0.05) is 13.0 Å². The van der Waals surface area contributed by atoms with Crippen LogP contribution >= 0.6 is 0 Å². The van der Waals surface area contributed by atoms with Crippen molar-refractivity contribution in [2.45, 2.75) is 39.7 Å². The number of carbonyl (C=O) groups excluding carboxylic acids is 1.